The summed E-state index contributed by atoms with van der Waals surface area (Å²) in [6.07, 6.45) is 1.85. The molecule has 1 aliphatic rings. The highest BCUT2D eigenvalue weighted by molar-refractivity contribution is 9.10. The number of carbonyl (C=O) groups excluding carboxylic acids is 1. The Hall–Kier alpha value is -2.08. The van der Waals surface area contributed by atoms with Gasteiger partial charge in [-0.2, -0.15) is 5.10 Å². The van der Waals surface area contributed by atoms with Crippen molar-refractivity contribution in [2.24, 2.45) is 0 Å². The molecule has 0 saturated heterocycles. The first-order valence-corrected chi connectivity index (χ1v) is 7.30. The predicted molar refractivity (Wildman–Crippen MR) is 84.3 cm³/mol. The summed E-state index contributed by atoms with van der Waals surface area (Å²) >= 11 is 3.42. The SMILES string of the molecule is Cc1n[nH]c(C)c1NC(=O)C1=Cc2cc(Br)ccc2OC1. The van der Waals surface area contributed by atoms with E-state index in [-0.39, 0.29) is 12.5 Å². The molecule has 1 amide bonds. The van der Waals surface area contributed by atoms with Crippen LogP contribution in [-0.2, 0) is 4.79 Å². The molecule has 2 N–H and O–H groups in total. The third kappa shape index (κ3) is 2.71. The van der Waals surface area contributed by atoms with Crippen LogP contribution in [0.25, 0.3) is 6.08 Å². The number of aryl methyl sites for hydroxylation is 2. The minimum atomic E-state index is -0.173. The largest absolute Gasteiger partial charge is 0.488 e. The van der Waals surface area contributed by atoms with Crippen LogP contribution in [0.1, 0.15) is 17.0 Å². The second-order valence-corrected chi connectivity index (χ2v) is 5.82. The van der Waals surface area contributed by atoms with Crippen LogP contribution in [0.4, 0.5) is 5.69 Å². The van der Waals surface area contributed by atoms with Crippen LogP contribution in [0.15, 0.2) is 28.2 Å². The number of fused-ring (bicyclic) bond motifs is 1. The first kappa shape index (κ1) is 13.9. The number of hydrogen-bond acceptors (Lipinski definition) is 3. The van der Waals surface area contributed by atoms with E-state index in [1.807, 2.05) is 38.1 Å². The van der Waals surface area contributed by atoms with Crippen LogP contribution < -0.4 is 10.1 Å². The van der Waals surface area contributed by atoms with E-state index < -0.39 is 0 Å². The van der Waals surface area contributed by atoms with Crippen molar-refractivity contribution in [2.75, 3.05) is 11.9 Å². The molecule has 2 aromatic rings. The van der Waals surface area contributed by atoms with E-state index in [0.717, 1.165) is 32.9 Å². The number of aromatic amines is 1. The lowest BCUT2D eigenvalue weighted by Crippen LogP contribution is -2.21. The maximum atomic E-state index is 12.4. The summed E-state index contributed by atoms with van der Waals surface area (Å²) in [5.74, 6) is 0.610. The summed E-state index contributed by atoms with van der Waals surface area (Å²) < 4.78 is 6.57. The molecule has 3 rings (SSSR count). The van der Waals surface area contributed by atoms with E-state index in [2.05, 4.69) is 31.4 Å². The first-order valence-electron chi connectivity index (χ1n) is 6.50. The maximum absolute atomic E-state index is 12.4. The Morgan fingerprint density at radius 1 is 1.43 bits per heavy atom. The molecular weight excluding hydrogens is 334 g/mol. The molecule has 1 aromatic heterocycles. The van der Waals surface area contributed by atoms with Crippen molar-refractivity contribution >= 4 is 33.6 Å². The van der Waals surface area contributed by atoms with Gasteiger partial charge in [-0.25, -0.2) is 0 Å². The van der Waals surface area contributed by atoms with Crippen LogP contribution >= 0.6 is 15.9 Å². The van der Waals surface area contributed by atoms with E-state index in [0.29, 0.717) is 5.57 Å². The fourth-order valence-electron chi connectivity index (χ4n) is 2.21. The van der Waals surface area contributed by atoms with Crippen LogP contribution in [-0.4, -0.2) is 22.7 Å². The van der Waals surface area contributed by atoms with Gasteiger partial charge >= 0.3 is 0 Å². The average molecular weight is 348 g/mol. The van der Waals surface area contributed by atoms with Gasteiger partial charge in [0.15, 0.2) is 0 Å². The summed E-state index contributed by atoms with van der Waals surface area (Å²) in [5.41, 5.74) is 3.80. The van der Waals surface area contributed by atoms with E-state index >= 15 is 0 Å². The molecule has 0 unspecified atom stereocenters. The molecule has 0 aliphatic carbocycles. The highest BCUT2D eigenvalue weighted by atomic mass is 79.9. The number of hydrogen-bond donors (Lipinski definition) is 2. The molecule has 21 heavy (non-hydrogen) atoms. The highest BCUT2D eigenvalue weighted by Gasteiger charge is 2.19. The molecule has 5 nitrogen and oxygen atoms in total. The van der Waals surface area contributed by atoms with Gasteiger partial charge < -0.3 is 10.1 Å². The Balaban J connectivity index is 1.86. The fraction of sp³-hybridized carbons (Fsp3) is 0.200. The van der Waals surface area contributed by atoms with Crippen LogP contribution in [0.3, 0.4) is 0 Å². The smallest absolute Gasteiger partial charge is 0.255 e. The van der Waals surface area contributed by atoms with Gasteiger partial charge in [-0.15, -0.1) is 0 Å². The highest BCUT2D eigenvalue weighted by Crippen LogP contribution is 2.29. The third-order valence-corrected chi connectivity index (χ3v) is 3.84. The Morgan fingerprint density at radius 3 is 2.95 bits per heavy atom. The summed E-state index contributed by atoms with van der Waals surface area (Å²) in [5, 5.41) is 9.79. The molecule has 0 radical (unpaired) electrons. The lowest BCUT2D eigenvalue weighted by molar-refractivity contribution is -0.113. The molecule has 0 saturated carbocycles. The van der Waals surface area contributed by atoms with Crippen molar-refractivity contribution in [3.8, 4) is 5.75 Å². The summed E-state index contributed by atoms with van der Waals surface area (Å²) in [6, 6.07) is 5.72. The molecule has 0 spiro atoms. The number of H-pyrrole nitrogens is 1. The number of nitrogens with zero attached hydrogens (tertiary/aromatic N) is 1. The van der Waals surface area contributed by atoms with E-state index in [9.17, 15) is 4.79 Å². The van der Waals surface area contributed by atoms with Gasteiger partial charge in [0.25, 0.3) is 5.91 Å². The Bertz CT molecular complexity index is 730. The van der Waals surface area contributed by atoms with Gasteiger partial charge in [0, 0.05) is 10.0 Å². The van der Waals surface area contributed by atoms with Gasteiger partial charge in [-0.1, -0.05) is 15.9 Å². The minimum Gasteiger partial charge on any atom is -0.488 e. The maximum Gasteiger partial charge on any atom is 0.255 e. The van der Waals surface area contributed by atoms with E-state index in [1.165, 1.54) is 0 Å². The van der Waals surface area contributed by atoms with Gasteiger partial charge in [-0.3, -0.25) is 9.89 Å². The Kier molecular flexibility index (Phi) is 3.55. The molecule has 1 aromatic carbocycles. The third-order valence-electron chi connectivity index (χ3n) is 3.34. The second-order valence-electron chi connectivity index (χ2n) is 4.90. The molecule has 0 fully saturated rings. The van der Waals surface area contributed by atoms with Gasteiger partial charge in [-0.05, 0) is 38.1 Å². The first-order chi connectivity index (χ1) is 10.0. The van der Waals surface area contributed by atoms with Crippen molar-refractivity contribution in [1.82, 2.24) is 10.2 Å². The molecule has 6 heteroatoms. The molecule has 2 heterocycles. The average Bonchev–Trinajstić information content (AvgIpc) is 2.78. The summed E-state index contributed by atoms with van der Waals surface area (Å²) in [6.45, 7) is 3.97. The van der Waals surface area contributed by atoms with Crippen molar-refractivity contribution < 1.29 is 9.53 Å². The van der Waals surface area contributed by atoms with Crippen molar-refractivity contribution in [3.05, 3.63) is 45.2 Å². The zero-order valence-electron chi connectivity index (χ0n) is 11.7. The minimum absolute atomic E-state index is 0.173. The van der Waals surface area contributed by atoms with Crippen LogP contribution in [0.2, 0.25) is 0 Å². The second kappa shape index (κ2) is 5.37. The Labute approximate surface area is 130 Å². The van der Waals surface area contributed by atoms with Gasteiger partial charge in [0.1, 0.15) is 12.4 Å². The van der Waals surface area contributed by atoms with Crippen molar-refractivity contribution in [3.63, 3.8) is 0 Å². The topological polar surface area (TPSA) is 67.0 Å². The van der Waals surface area contributed by atoms with E-state index in [1.54, 1.807) is 0 Å². The number of halogens is 1. The monoisotopic (exact) mass is 347 g/mol. The molecule has 1 aliphatic heterocycles. The van der Waals surface area contributed by atoms with Crippen molar-refractivity contribution in [1.29, 1.82) is 0 Å². The number of anilines is 1. The number of carbonyl (C=O) groups is 1. The van der Waals surface area contributed by atoms with Crippen molar-refractivity contribution in [2.45, 2.75) is 13.8 Å². The summed E-state index contributed by atoms with van der Waals surface area (Å²) in [4.78, 5) is 12.4. The lowest BCUT2D eigenvalue weighted by Gasteiger charge is -2.18. The quantitative estimate of drug-likeness (QED) is 0.876. The van der Waals surface area contributed by atoms with Crippen LogP contribution in [0.5, 0.6) is 5.75 Å². The predicted octanol–water partition coefficient (Wildman–Crippen LogP) is 3.20. The van der Waals surface area contributed by atoms with E-state index in [4.69, 9.17) is 4.74 Å². The molecule has 0 atom stereocenters. The zero-order valence-corrected chi connectivity index (χ0v) is 13.2. The number of ether oxygens (including phenoxy) is 1. The van der Waals surface area contributed by atoms with Crippen LogP contribution in [0, 0.1) is 13.8 Å². The molecule has 108 valence electrons. The molecule has 0 bridgehead atoms. The summed E-state index contributed by atoms with van der Waals surface area (Å²) in [7, 11) is 0. The molecular formula is C15H14BrN3O2. The zero-order chi connectivity index (χ0) is 15.0. The number of nitrogens with one attached hydrogen (secondary N) is 2. The lowest BCUT2D eigenvalue weighted by atomic mass is 10.1. The fourth-order valence-corrected chi connectivity index (χ4v) is 2.59. The number of benzene rings is 1. The number of rotatable bonds is 2. The normalized spacial score (nSPS) is 13.2. The number of amides is 1. The Morgan fingerprint density at radius 2 is 2.24 bits per heavy atom. The van der Waals surface area contributed by atoms with Gasteiger partial charge in [0.05, 0.1) is 22.6 Å². The van der Waals surface area contributed by atoms with Gasteiger partial charge in [0.2, 0.25) is 0 Å². The number of aromatic nitrogens is 2. The standard InChI is InChI=1S/C15H14BrN3O2/c1-8-14(9(2)19-18-8)17-15(20)11-5-10-6-12(16)3-4-13(10)21-7-11/h3-6H,7H2,1-2H3,(H,17,20)(H,18,19).